The Morgan fingerprint density at radius 1 is 1.20 bits per heavy atom. The number of hydrogen-bond donors (Lipinski definition) is 0. The fourth-order valence-corrected chi connectivity index (χ4v) is 1.79. The lowest BCUT2D eigenvalue weighted by Crippen LogP contribution is -2.17. The molecule has 114 valence electrons. The van der Waals surface area contributed by atoms with Crippen molar-refractivity contribution in [3.63, 3.8) is 0 Å². The summed E-state index contributed by atoms with van der Waals surface area (Å²) in [6, 6.07) is 1.90. The van der Waals surface area contributed by atoms with Gasteiger partial charge in [-0.05, 0) is 6.42 Å². The minimum atomic E-state index is -4.45. The van der Waals surface area contributed by atoms with E-state index in [0.29, 0.717) is 0 Å². The van der Waals surface area contributed by atoms with Crippen LogP contribution in [0.15, 0.2) is 12.1 Å². The number of alkyl halides is 4. The van der Waals surface area contributed by atoms with Crippen molar-refractivity contribution >= 4 is 11.6 Å². The predicted molar refractivity (Wildman–Crippen MR) is 63.0 cm³/mol. The first-order valence-corrected chi connectivity index (χ1v) is 5.99. The number of benzene rings is 1. The van der Waals surface area contributed by atoms with Gasteiger partial charge < -0.3 is 9.47 Å². The Morgan fingerprint density at radius 2 is 1.75 bits per heavy atom. The standard InChI is InChI=1S/C12H12ClF5O2/c1-19-7-4-9(14)11(10(15)5-7)8(13)2-3-20-6-12(16,17)18/h4-5,8H,2-3,6H2,1H3. The molecule has 1 unspecified atom stereocenters. The first-order chi connectivity index (χ1) is 9.24. The molecule has 0 saturated heterocycles. The van der Waals surface area contributed by atoms with Gasteiger partial charge in [-0.3, -0.25) is 0 Å². The van der Waals surface area contributed by atoms with Crippen LogP contribution in [0.4, 0.5) is 22.0 Å². The number of methoxy groups -OCH3 is 1. The van der Waals surface area contributed by atoms with Crippen LogP contribution in [0, 0.1) is 11.6 Å². The van der Waals surface area contributed by atoms with Crippen molar-refractivity contribution in [2.75, 3.05) is 20.3 Å². The van der Waals surface area contributed by atoms with Crippen LogP contribution >= 0.6 is 11.6 Å². The number of hydrogen-bond acceptors (Lipinski definition) is 2. The molecule has 0 bridgehead atoms. The summed E-state index contributed by atoms with van der Waals surface area (Å²) in [7, 11) is 1.25. The number of ether oxygens (including phenoxy) is 2. The smallest absolute Gasteiger partial charge is 0.411 e. The predicted octanol–water partition coefficient (Wildman–Crippen LogP) is 4.22. The van der Waals surface area contributed by atoms with E-state index in [9.17, 15) is 22.0 Å². The molecule has 1 rings (SSSR count). The third-order valence-corrected chi connectivity index (χ3v) is 2.82. The maximum atomic E-state index is 13.6. The maximum absolute atomic E-state index is 13.6. The van der Waals surface area contributed by atoms with Gasteiger partial charge in [0.2, 0.25) is 0 Å². The number of rotatable bonds is 6. The molecule has 0 aliphatic rings. The zero-order valence-electron chi connectivity index (χ0n) is 10.4. The molecule has 1 aromatic carbocycles. The Hall–Kier alpha value is -1.08. The fourth-order valence-electron chi connectivity index (χ4n) is 1.50. The van der Waals surface area contributed by atoms with Crippen LogP contribution in [0.2, 0.25) is 0 Å². The van der Waals surface area contributed by atoms with Crippen LogP contribution in [-0.2, 0) is 4.74 Å². The first kappa shape index (κ1) is 17.0. The maximum Gasteiger partial charge on any atom is 0.411 e. The Balaban J connectivity index is 2.62. The molecule has 0 amide bonds. The zero-order chi connectivity index (χ0) is 15.3. The zero-order valence-corrected chi connectivity index (χ0v) is 11.2. The summed E-state index contributed by atoms with van der Waals surface area (Å²) in [5.74, 6) is -1.85. The summed E-state index contributed by atoms with van der Waals surface area (Å²) >= 11 is 5.78. The highest BCUT2D eigenvalue weighted by Gasteiger charge is 2.27. The van der Waals surface area contributed by atoms with Crippen molar-refractivity contribution in [2.45, 2.75) is 18.0 Å². The van der Waals surface area contributed by atoms with Gasteiger partial charge in [0.15, 0.2) is 0 Å². The average molecular weight is 319 g/mol. The largest absolute Gasteiger partial charge is 0.497 e. The first-order valence-electron chi connectivity index (χ1n) is 5.56. The minimum absolute atomic E-state index is 0.0130. The molecule has 0 fully saturated rings. The number of halogens is 6. The van der Waals surface area contributed by atoms with Gasteiger partial charge in [-0.15, -0.1) is 11.6 Å². The van der Waals surface area contributed by atoms with E-state index in [4.69, 9.17) is 11.6 Å². The van der Waals surface area contributed by atoms with Gasteiger partial charge >= 0.3 is 6.18 Å². The minimum Gasteiger partial charge on any atom is -0.497 e. The van der Waals surface area contributed by atoms with Crippen LogP contribution in [0.5, 0.6) is 5.75 Å². The Labute approximate surface area is 117 Å². The summed E-state index contributed by atoms with van der Waals surface area (Å²) < 4.78 is 71.7. The van der Waals surface area contributed by atoms with Crippen LogP contribution in [0.25, 0.3) is 0 Å². The molecule has 2 nitrogen and oxygen atoms in total. The average Bonchev–Trinajstić information content (AvgIpc) is 2.32. The Bertz CT molecular complexity index is 427. The van der Waals surface area contributed by atoms with Crippen molar-refractivity contribution in [3.8, 4) is 5.75 Å². The van der Waals surface area contributed by atoms with E-state index in [1.165, 1.54) is 7.11 Å². The van der Waals surface area contributed by atoms with E-state index < -0.39 is 35.4 Å². The van der Waals surface area contributed by atoms with E-state index in [1.54, 1.807) is 0 Å². The van der Waals surface area contributed by atoms with Crippen molar-refractivity contribution in [1.29, 1.82) is 0 Å². The second-order valence-corrected chi connectivity index (χ2v) is 4.46. The Kier molecular flexibility index (Phi) is 6.01. The lowest BCUT2D eigenvalue weighted by atomic mass is 10.1. The molecule has 0 heterocycles. The van der Waals surface area contributed by atoms with Gasteiger partial charge in [0, 0.05) is 24.3 Å². The van der Waals surface area contributed by atoms with Gasteiger partial charge in [0.25, 0.3) is 0 Å². The van der Waals surface area contributed by atoms with E-state index in [2.05, 4.69) is 9.47 Å². The third-order valence-electron chi connectivity index (χ3n) is 2.38. The van der Waals surface area contributed by atoms with Gasteiger partial charge in [0.1, 0.15) is 24.0 Å². The van der Waals surface area contributed by atoms with Crippen molar-refractivity contribution in [3.05, 3.63) is 29.3 Å². The second kappa shape index (κ2) is 7.08. The highest BCUT2D eigenvalue weighted by Crippen LogP contribution is 2.31. The van der Waals surface area contributed by atoms with Crippen LogP contribution in [-0.4, -0.2) is 26.5 Å². The van der Waals surface area contributed by atoms with Gasteiger partial charge in [-0.2, -0.15) is 13.2 Å². The lowest BCUT2D eigenvalue weighted by molar-refractivity contribution is -0.174. The third kappa shape index (κ3) is 5.13. The van der Waals surface area contributed by atoms with E-state index in [1.807, 2.05) is 0 Å². The quantitative estimate of drug-likeness (QED) is 0.444. The summed E-state index contributed by atoms with van der Waals surface area (Å²) in [4.78, 5) is 0. The normalized spacial score (nSPS) is 13.3. The van der Waals surface area contributed by atoms with E-state index >= 15 is 0 Å². The molecule has 0 saturated carbocycles. The summed E-state index contributed by atoms with van der Waals surface area (Å²) in [5, 5.41) is -1.13. The SMILES string of the molecule is COc1cc(F)c(C(Cl)CCOCC(F)(F)F)c(F)c1. The topological polar surface area (TPSA) is 18.5 Å². The van der Waals surface area contributed by atoms with Crippen LogP contribution < -0.4 is 4.74 Å². The molecule has 1 atom stereocenters. The van der Waals surface area contributed by atoms with Gasteiger partial charge in [0.05, 0.1) is 12.5 Å². The van der Waals surface area contributed by atoms with E-state index in [0.717, 1.165) is 12.1 Å². The summed E-state index contributed by atoms with van der Waals surface area (Å²) in [6.45, 7) is -1.79. The lowest BCUT2D eigenvalue weighted by Gasteiger charge is -2.14. The fraction of sp³-hybridized carbons (Fsp3) is 0.500. The monoisotopic (exact) mass is 318 g/mol. The molecular weight excluding hydrogens is 307 g/mol. The molecular formula is C12H12ClF5O2. The van der Waals surface area contributed by atoms with Gasteiger partial charge in [-0.1, -0.05) is 0 Å². The molecule has 0 spiro atoms. The molecule has 1 aromatic rings. The van der Waals surface area contributed by atoms with Crippen molar-refractivity contribution in [1.82, 2.24) is 0 Å². The molecule has 0 aromatic heterocycles. The molecule has 20 heavy (non-hydrogen) atoms. The van der Waals surface area contributed by atoms with Crippen LogP contribution in [0.3, 0.4) is 0 Å². The van der Waals surface area contributed by atoms with Crippen molar-refractivity contribution < 1.29 is 31.4 Å². The highest BCUT2D eigenvalue weighted by molar-refractivity contribution is 6.20. The molecule has 0 aliphatic carbocycles. The van der Waals surface area contributed by atoms with Crippen molar-refractivity contribution in [2.24, 2.45) is 0 Å². The second-order valence-electron chi connectivity index (χ2n) is 3.93. The van der Waals surface area contributed by atoms with Gasteiger partial charge in [-0.25, -0.2) is 8.78 Å². The molecule has 0 radical (unpaired) electrons. The summed E-state index contributed by atoms with van der Waals surface area (Å²) in [6.07, 6.45) is -4.60. The van der Waals surface area contributed by atoms with E-state index in [-0.39, 0.29) is 18.8 Å². The molecule has 0 aliphatic heterocycles. The Morgan fingerprint density at radius 3 is 2.20 bits per heavy atom. The van der Waals surface area contributed by atoms with Crippen LogP contribution in [0.1, 0.15) is 17.4 Å². The molecule has 0 N–H and O–H groups in total. The summed E-state index contributed by atoms with van der Waals surface area (Å²) in [5.41, 5.74) is -0.414. The highest BCUT2D eigenvalue weighted by atomic mass is 35.5. The molecule has 8 heteroatoms.